The number of amides is 1. The molecule has 0 aliphatic carbocycles. The van der Waals surface area contributed by atoms with Crippen LogP contribution in [-0.2, 0) is 14.8 Å². The first-order chi connectivity index (χ1) is 9.30. The van der Waals surface area contributed by atoms with Gasteiger partial charge in [-0.05, 0) is 24.3 Å². The lowest BCUT2D eigenvalue weighted by Crippen LogP contribution is -2.39. The Kier molecular flexibility index (Phi) is 4.17. The van der Waals surface area contributed by atoms with E-state index in [1.54, 1.807) is 0 Å². The fraction of sp³-hybridized carbons (Fsp3) is 0.583. The molecule has 1 aliphatic rings. The van der Waals surface area contributed by atoms with E-state index in [9.17, 15) is 13.2 Å². The maximum atomic E-state index is 12.0. The molecule has 0 aromatic carbocycles. The largest absolute Gasteiger partial charge is 0.381 e. The van der Waals surface area contributed by atoms with E-state index in [2.05, 4.69) is 17.2 Å². The lowest BCUT2D eigenvalue weighted by molar-refractivity contribution is 0.0238. The predicted octanol–water partition coefficient (Wildman–Crippen LogP) is 0.209. The molecular weight excluding hydrogens is 282 g/mol. The van der Waals surface area contributed by atoms with Gasteiger partial charge in [-0.2, -0.15) is 0 Å². The molecule has 2 heterocycles. The summed E-state index contributed by atoms with van der Waals surface area (Å²) in [5.41, 5.74) is 0.202. The number of hydrogen-bond donors (Lipinski definition) is 3. The summed E-state index contributed by atoms with van der Waals surface area (Å²) in [7, 11) is -3.79. The Balaban J connectivity index is 1.97. The molecule has 0 unspecified atom stereocenters. The molecule has 112 valence electrons. The Bertz CT molecular complexity index is 588. The maximum Gasteiger partial charge on any atom is 0.267 e. The Hall–Kier alpha value is -1.38. The van der Waals surface area contributed by atoms with Crippen molar-refractivity contribution in [3.8, 4) is 0 Å². The van der Waals surface area contributed by atoms with Crippen LogP contribution in [0.25, 0.3) is 0 Å². The highest BCUT2D eigenvalue weighted by atomic mass is 32.2. The van der Waals surface area contributed by atoms with Gasteiger partial charge >= 0.3 is 0 Å². The Morgan fingerprint density at radius 2 is 2.15 bits per heavy atom. The van der Waals surface area contributed by atoms with Crippen molar-refractivity contribution in [3.63, 3.8) is 0 Å². The second kappa shape index (κ2) is 5.55. The molecule has 0 radical (unpaired) electrons. The van der Waals surface area contributed by atoms with Gasteiger partial charge in [-0.1, -0.05) is 6.92 Å². The van der Waals surface area contributed by atoms with Crippen molar-refractivity contribution in [3.05, 3.63) is 18.0 Å². The minimum Gasteiger partial charge on any atom is -0.381 e. The summed E-state index contributed by atoms with van der Waals surface area (Å²) in [6.45, 7) is 4.02. The molecule has 0 saturated carbocycles. The third kappa shape index (κ3) is 3.59. The Morgan fingerprint density at radius 3 is 2.70 bits per heavy atom. The molecule has 20 heavy (non-hydrogen) atoms. The van der Waals surface area contributed by atoms with Gasteiger partial charge in [0.15, 0.2) is 0 Å². The molecule has 0 spiro atoms. The second-order valence-electron chi connectivity index (χ2n) is 5.40. The van der Waals surface area contributed by atoms with Crippen LogP contribution in [0.4, 0.5) is 0 Å². The topological polar surface area (TPSA) is 114 Å². The predicted molar refractivity (Wildman–Crippen MR) is 72.7 cm³/mol. The summed E-state index contributed by atoms with van der Waals surface area (Å²) in [5, 5.41) is 7.80. The van der Waals surface area contributed by atoms with Crippen LogP contribution in [0.2, 0.25) is 0 Å². The quantitative estimate of drug-likeness (QED) is 0.737. The number of aromatic nitrogens is 1. The van der Waals surface area contributed by atoms with E-state index in [1.165, 1.54) is 12.3 Å². The summed E-state index contributed by atoms with van der Waals surface area (Å²) >= 11 is 0. The van der Waals surface area contributed by atoms with Crippen molar-refractivity contribution in [2.24, 2.45) is 10.6 Å². The van der Waals surface area contributed by atoms with E-state index in [4.69, 9.17) is 9.88 Å². The highest BCUT2D eigenvalue weighted by Gasteiger charge is 2.28. The molecule has 1 saturated heterocycles. The van der Waals surface area contributed by atoms with Gasteiger partial charge in [-0.3, -0.25) is 4.79 Å². The lowest BCUT2D eigenvalue weighted by Gasteiger charge is -2.33. The van der Waals surface area contributed by atoms with Crippen LogP contribution < -0.4 is 10.5 Å². The van der Waals surface area contributed by atoms with Gasteiger partial charge in [0.05, 0.1) is 4.90 Å². The zero-order chi connectivity index (χ0) is 14.8. The molecule has 0 atom stereocenters. The van der Waals surface area contributed by atoms with Crippen LogP contribution in [0.3, 0.4) is 0 Å². The van der Waals surface area contributed by atoms with Gasteiger partial charge in [0.25, 0.3) is 5.91 Å². The monoisotopic (exact) mass is 301 g/mol. The van der Waals surface area contributed by atoms with Gasteiger partial charge in [-0.15, -0.1) is 0 Å². The van der Waals surface area contributed by atoms with Crippen molar-refractivity contribution in [1.29, 1.82) is 0 Å². The van der Waals surface area contributed by atoms with Gasteiger partial charge < -0.3 is 15.0 Å². The van der Waals surface area contributed by atoms with Gasteiger partial charge in [0, 0.05) is 26.0 Å². The number of nitrogens with one attached hydrogen (secondary N) is 2. The van der Waals surface area contributed by atoms with Crippen LogP contribution in [0.5, 0.6) is 0 Å². The summed E-state index contributed by atoms with van der Waals surface area (Å²) < 4.78 is 27.6. The first-order valence-corrected chi connectivity index (χ1v) is 7.92. The molecular formula is C12H19N3O4S. The highest BCUT2D eigenvalue weighted by molar-refractivity contribution is 7.89. The normalized spacial score (nSPS) is 18.7. The van der Waals surface area contributed by atoms with E-state index in [1.807, 2.05) is 0 Å². The Labute approximate surface area is 117 Å². The number of carbonyl (C=O) groups is 1. The van der Waals surface area contributed by atoms with Crippen molar-refractivity contribution in [2.75, 3.05) is 19.8 Å². The van der Waals surface area contributed by atoms with E-state index in [0.717, 1.165) is 12.8 Å². The molecule has 8 heteroatoms. The smallest absolute Gasteiger partial charge is 0.267 e. The van der Waals surface area contributed by atoms with Gasteiger partial charge in [0.1, 0.15) is 5.69 Å². The molecule has 1 aromatic rings. The van der Waals surface area contributed by atoms with Crippen LogP contribution >= 0.6 is 0 Å². The molecule has 2 rings (SSSR count). The van der Waals surface area contributed by atoms with E-state index >= 15 is 0 Å². The van der Waals surface area contributed by atoms with Crippen LogP contribution in [0.1, 0.15) is 30.3 Å². The molecule has 1 fully saturated rings. The average molecular weight is 301 g/mol. The minimum atomic E-state index is -3.79. The third-order valence-corrected chi connectivity index (χ3v) is 4.50. The van der Waals surface area contributed by atoms with Gasteiger partial charge in [-0.25, -0.2) is 13.6 Å². The second-order valence-corrected chi connectivity index (χ2v) is 6.96. The van der Waals surface area contributed by atoms with E-state index < -0.39 is 10.0 Å². The van der Waals surface area contributed by atoms with Crippen molar-refractivity contribution in [1.82, 2.24) is 10.3 Å². The zero-order valence-corrected chi connectivity index (χ0v) is 12.1. The van der Waals surface area contributed by atoms with Crippen molar-refractivity contribution < 1.29 is 17.9 Å². The number of rotatable bonds is 4. The number of sulfonamides is 1. The number of aromatic amines is 1. The maximum absolute atomic E-state index is 12.0. The Morgan fingerprint density at radius 1 is 1.50 bits per heavy atom. The van der Waals surface area contributed by atoms with Crippen LogP contribution in [0.15, 0.2) is 17.2 Å². The van der Waals surface area contributed by atoms with Crippen LogP contribution in [0, 0.1) is 5.41 Å². The number of hydrogen-bond acceptors (Lipinski definition) is 4. The fourth-order valence-corrected chi connectivity index (χ4v) is 2.61. The summed E-state index contributed by atoms with van der Waals surface area (Å²) in [6, 6.07) is 1.23. The molecule has 4 N–H and O–H groups in total. The molecule has 7 nitrogen and oxygen atoms in total. The van der Waals surface area contributed by atoms with Crippen molar-refractivity contribution in [2.45, 2.75) is 24.7 Å². The van der Waals surface area contributed by atoms with E-state index in [0.29, 0.717) is 19.8 Å². The van der Waals surface area contributed by atoms with E-state index in [-0.39, 0.29) is 21.9 Å². The zero-order valence-electron chi connectivity index (χ0n) is 11.3. The van der Waals surface area contributed by atoms with Crippen LogP contribution in [-0.4, -0.2) is 39.1 Å². The highest BCUT2D eigenvalue weighted by Crippen LogP contribution is 2.28. The number of nitrogens with two attached hydrogens (primary N) is 1. The summed E-state index contributed by atoms with van der Waals surface area (Å²) in [6.07, 6.45) is 2.99. The number of H-pyrrole nitrogens is 1. The fourth-order valence-electron chi connectivity index (χ4n) is 2.10. The number of primary sulfonamides is 1. The molecule has 1 amide bonds. The number of carbonyl (C=O) groups excluding carboxylic acids is 1. The summed E-state index contributed by atoms with van der Waals surface area (Å²) in [4.78, 5) is 14.5. The molecule has 1 aliphatic heterocycles. The molecule has 1 aromatic heterocycles. The van der Waals surface area contributed by atoms with Crippen molar-refractivity contribution >= 4 is 15.9 Å². The SMILES string of the molecule is CC1(CNC(=O)c2cc(S(N)(=O)=O)c[nH]2)CCOCC1. The first-order valence-electron chi connectivity index (χ1n) is 6.37. The standard InChI is InChI=1S/C12H19N3O4S/c1-12(2-4-19-5-3-12)8-15-11(16)10-6-9(7-14-10)20(13,17)18/h6-7,14H,2-5,8H2,1H3,(H,15,16)(H2,13,17,18). The first kappa shape index (κ1) is 15.0. The summed E-state index contributed by atoms with van der Waals surface area (Å²) in [5.74, 6) is -0.340. The average Bonchev–Trinajstić information content (AvgIpc) is 2.86. The van der Waals surface area contributed by atoms with Gasteiger partial charge in [0.2, 0.25) is 10.0 Å². The third-order valence-electron chi connectivity index (χ3n) is 3.61. The molecule has 0 bridgehead atoms. The number of ether oxygens (including phenoxy) is 1. The lowest BCUT2D eigenvalue weighted by atomic mass is 9.82. The minimum absolute atomic E-state index is 0.0171.